The molecule has 1 heterocycles. The Morgan fingerprint density at radius 1 is 1.17 bits per heavy atom. The summed E-state index contributed by atoms with van der Waals surface area (Å²) in [6.07, 6.45) is 7.87. The second-order valence-corrected chi connectivity index (χ2v) is 8.59. The van der Waals surface area contributed by atoms with E-state index in [1.54, 1.807) is 0 Å². The van der Waals surface area contributed by atoms with Crippen LogP contribution in [0.1, 0.15) is 37.9 Å². The molecule has 1 aromatic heterocycles. The lowest BCUT2D eigenvalue weighted by molar-refractivity contribution is 0.332. The molecule has 0 spiro atoms. The first-order valence-electron chi connectivity index (χ1n) is 8.42. The van der Waals surface area contributed by atoms with E-state index in [-0.39, 0.29) is 0 Å². The van der Waals surface area contributed by atoms with Gasteiger partial charge in [0.1, 0.15) is 0 Å². The molecule has 1 aromatic carbocycles. The minimum atomic E-state index is -2.51. The third-order valence-corrected chi connectivity index (χ3v) is 6.45. The van der Waals surface area contributed by atoms with Gasteiger partial charge in [-0.2, -0.15) is 0 Å². The second-order valence-electron chi connectivity index (χ2n) is 5.81. The molecule has 2 aromatic rings. The Morgan fingerprint density at radius 3 is 2.65 bits per heavy atom. The Labute approximate surface area is 139 Å². The predicted octanol–water partition coefficient (Wildman–Crippen LogP) is 4.59. The lowest BCUT2D eigenvalue weighted by atomic mass is 10.2. The molecular weight excluding hydrogens is 307 g/mol. The maximum atomic E-state index is 12.8. The number of aromatic nitrogens is 2. The van der Waals surface area contributed by atoms with Crippen molar-refractivity contribution in [3.8, 4) is 0 Å². The zero-order valence-electron chi connectivity index (χ0n) is 14.1. The number of nitrogens with zero attached hydrogens (tertiary/aromatic N) is 2. The van der Waals surface area contributed by atoms with Crippen LogP contribution in [-0.2, 0) is 22.1 Å². The van der Waals surface area contributed by atoms with Gasteiger partial charge in [0, 0.05) is 31.5 Å². The molecule has 0 fully saturated rings. The summed E-state index contributed by atoms with van der Waals surface area (Å²) in [6.45, 7) is 5.35. The first kappa shape index (κ1) is 18.0. The van der Waals surface area contributed by atoms with Crippen LogP contribution in [0.15, 0.2) is 42.9 Å². The van der Waals surface area contributed by atoms with Crippen LogP contribution in [0.3, 0.4) is 0 Å². The number of rotatable bonds is 10. The fourth-order valence-electron chi connectivity index (χ4n) is 2.58. The quantitative estimate of drug-likeness (QED) is 0.597. The Kier molecular flexibility index (Phi) is 7.07. The van der Waals surface area contributed by atoms with Crippen molar-refractivity contribution in [1.29, 1.82) is 0 Å². The molecule has 2 rings (SSSR count). The van der Waals surface area contributed by atoms with Gasteiger partial charge in [-0.1, -0.05) is 43.7 Å². The van der Waals surface area contributed by atoms with Crippen LogP contribution in [0.4, 0.5) is 0 Å². The molecular formula is C18H27N2O2P. The van der Waals surface area contributed by atoms with Crippen LogP contribution in [0.2, 0.25) is 0 Å². The third kappa shape index (κ3) is 5.96. The van der Waals surface area contributed by atoms with E-state index in [2.05, 4.69) is 28.6 Å². The maximum Gasteiger partial charge on any atom is 0.203 e. The van der Waals surface area contributed by atoms with Gasteiger partial charge in [0.2, 0.25) is 7.37 Å². The average Bonchev–Trinajstić information content (AvgIpc) is 3.00. The zero-order chi connectivity index (χ0) is 16.5. The van der Waals surface area contributed by atoms with Gasteiger partial charge >= 0.3 is 0 Å². The van der Waals surface area contributed by atoms with E-state index >= 15 is 0 Å². The standard InChI is InChI=1S/C18H27N2O2P/c1-3-5-12-23(21,22-4-2)13-11-18-15-20(16-19-18)14-17-9-7-6-8-10-17/h6-10,15-16H,3-5,11-14H2,1-2H3. The summed E-state index contributed by atoms with van der Waals surface area (Å²) in [6, 6.07) is 10.3. The van der Waals surface area contributed by atoms with Crippen molar-refractivity contribution in [2.75, 3.05) is 18.9 Å². The molecule has 1 atom stereocenters. The van der Waals surface area contributed by atoms with Gasteiger partial charge in [0.15, 0.2) is 0 Å². The van der Waals surface area contributed by atoms with Gasteiger partial charge in [-0.3, -0.25) is 4.57 Å². The molecule has 0 amide bonds. The highest BCUT2D eigenvalue weighted by Gasteiger charge is 2.22. The molecule has 126 valence electrons. The number of hydrogen-bond acceptors (Lipinski definition) is 3. The Bertz CT molecular complexity index is 625. The van der Waals surface area contributed by atoms with Crippen molar-refractivity contribution in [2.45, 2.75) is 39.7 Å². The number of unbranched alkanes of at least 4 members (excludes halogenated alkanes) is 1. The van der Waals surface area contributed by atoms with E-state index in [1.807, 2.05) is 37.6 Å². The summed E-state index contributed by atoms with van der Waals surface area (Å²) in [5, 5.41) is 0. The van der Waals surface area contributed by atoms with E-state index < -0.39 is 7.37 Å². The Morgan fingerprint density at radius 2 is 1.96 bits per heavy atom. The molecule has 0 bridgehead atoms. The molecule has 5 heteroatoms. The number of benzene rings is 1. The minimum Gasteiger partial charge on any atom is -0.333 e. The molecule has 0 aliphatic carbocycles. The Hall–Kier alpha value is -1.38. The fourth-order valence-corrected chi connectivity index (χ4v) is 4.90. The zero-order valence-corrected chi connectivity index (χ0v) is 15.0. The Balaban J connectivity index is 1.91. The normalized spacial score (nSPS) is 13.8. The summed E-state index contributed by atoms with van der Waals surface area (Å²) in [4.78, 5) is 4.44. The van der Waals surface area contributed by atoms with Gasteiger partial charge < -0.3 is 9.09 Å². The molecule has 23 heavy (non-hydrogen) atoms. The van der Waals surface area contributed by atoms with Crippen LogP contribution >= 0.6 is 7.37 Å². The van der Waals surface area contributed by atoms with E-state index in [0.29, 0.717) is 25.4 Å². The van der Waals surface area contributed by atoms with Crippen LogP contribution in [-0.4, -0.2) is 28.5 Å². The number of aryl methyl sites for hydroxylation is 1. The second kappa shape index (κ2) is 9.05. The van der Waals surface area contributed by atoms with E-state index in [4.69, 9.17) is 4.52 Å². The van der Waals surface area contributed by atoms with Crippen LogP contribution in [0.5, 0.6) is 0 Å². The molecule has 0 N–H and O–H groups in total. The van der Waals surface area contributed by atoms with Crippen molar-refractivity contribution in [2.24, 2.45) is 0 Å². The number of hydrogen-bond donors (Lipinski definition) is 0. The van der Waals surface area contributed by atoms with Gasteiger partial charge in [-0.05, 0) is 18.9 Å². The molecule has 0 radical (unpaired) electrons. The molecule has 4 nitrogen and oxygen atoms in total. The lowest BCUT2D eigenvalue weighted by Gasteiger charge is -2.16. The largest absolute Gasteiger partial charge is 0.333 e. The van der Waals surface area contributed by atoms with Crippen molar-refractivity contribution in [3.63, 3.8) is 0 Å². The summed E-state index contributed by atoms with van der Waals surface area (Å²) in [5.41, 5.74) is 2.23. The summed E-state index contributed by atoms with van der Waals surface area (Å²) in [5.74, 6) is 0. The highest BCUT2D eigenvalue weighted by molar-refractivity contribution is 7.58. The van der Waals surface area contributed by atoms with E-state index in [1.165, 1.54) is 5.56 Å². The van der Waals surface area contributed by atoms with Crippen LogP contribution in [0.25, 0.3) is 0 Å². The smallest absolute Gasteiger partial charge is 0.203 e. The topological polar surface area (TPSA) is 44.1 Å². The lowest BCUT2D eigenvalue weighted by Crippen LogP contribution is -2.03. The first-order chi connectivity index (χ1) is 11.1. The van der Waals surface area contributed by atoms with Gasteiger partial charge in [-0.15, -0.1) is 0 Å². The van der Waals surface area contributed by atoms with Crippen molar-refractivity contribution >= 4 is 7.37 Å². The average molecular weight is 334 g/mol. The molecule has 0 aliphatic rings. The van der Waals surface area contributed by atoms with Gasteiger partial charge in [0.05, 0.1) is 18.6 Å². The summed E-state index contributed by atoms with van der Waals surface area (Å²) >= 11 is 0. The minimum absolute atomic E-state index is 0.517. The predicted molar refractivity (Wildman–Crippen MR) is 95.3 cm³/mol. The summed E-state index contributed by atoms with van der Waals surface area (Å²) in [7, 11) is -2.51. The molecule has 0 aliphatic heterocycles. The third-order valence-electron chi connectivity index (χ3n) is 3.82. The maximum absolute atomic E-state index is 12.8. The van der Waals surface area contributed by atoms with E-state index in [9.17, 15) is 4.57 Å². The van der Waals surface area contributed by atoms with Gasteiger partial charge in [0.25, 0.3) is 0 Å². The molecule has 0 saturated carbocycles. The van der Waals surface area contributed by atoms with Crippen molar-refractivity contribution < 1.29 is 9.09 Å². The highest BCUT2D eigenvalue weighted by Crippen LogP contribution is 2.47. The molecule has 0 saturated heterocycles. The molecule has 1 unspecified atom stereocenters. The van der Waals surface area contributed by atoms with Crippen LogP contribution < -0.4 is 0 Å². The van der Waals surface area contributed by atoms with Crippen LogP contribution in [0, 0.1) is 0 Å². The fraction of sp³-hybridized carbons (Fsp3) is 0.500. The highest BCUT2D eigenvalue weighted by atomic mass is 31.2. The van der Waals surface area contributed by atoms with Crippen molar-refractivity contribution in [1.82, 2.24) is 9.55 Å². The van der Waals surface area contributed by atoms with Crippen molar-refractivity contribution in [3.05, 3.63) is 54.1 Å². The summed E-state index contributed by atoms with van der Waals surface area (Å²) < 4.78 is 20.4. The van der Waals surface area contributed by atoms with E-state index in [0.717, 1.165) is 25.1 Å². The first-order valence-corrected chi connectivity index (χ1v) is 10.4. The number of imidazole rings is 1. The van der Waals surface area contributed by atoms with Gasteiger partial charge in [-0.25, -0.2) is 4.98 Å². The monoisotopic (exact) mass is 334 g/mol. The SMILES string of the molecule is CCCCP(=O)(CCc1cn(Cc2ccccc2)cn1)OCC.